The van der Waals surface area contributed by atoms with Crippen LogP contribution in [-0.4, -0.2) is 21.6 Å². The van der Waals surface area contributed by atoms with Crippen molar-refractivity contribution in [3.8, 4) is 11.4 Å². The Morgan fingerprint density at radius 2 is 1.91 bits per heavy atom. The normalized spacial score (nSPS) is 10.7. The maximum absolute atomic E-state index is 5.80. The summed E-state index contributed by atoms with van der Waals surface area (Å²) in [4.78, 5) is 0. The molecular formula is C18H20N4O. The molecule has 0 saturated heterocycles. The Balaban J connectivity index is 1.79. The van der Waals surface area contributed by atoms with Crippen LogP contribution in [-0.2, 0) is 13.0 Å². The van der Waals surface area contributed by atoms with Crippen molar-refractivity contribution in [3.63, 3.8) is 0 Å². The summed E-state index contributed by atoms with van der Waals surface area (Å²) in [6.45, 7) is 2.98. The van der Waals surface area contributed by atoms with E-state index in [1.54, 1.807) is 0 Å². The van der Waals surface area contributed by atoms with Crippen LogP contribution in [0.5, 0.6) is 5.75 Å². The fraction of sp³-hybridized carbons (Fsp3) is 0.222. The summed E-state index contributed by atoms with van der Waals surface area (Å²) in [7, 11) is 0. The first kappa shape index (κ1) is 15.2. The lowest BCUT2D eigenvalue weighted by Gasteiger charge is -2.10. The Labute approximate surface area is 135 Å². The van der Waals surface area contributed by atoms with Crippen molar-refractivity contribution in [3.05, 3.63) is 71.5 Å². The van der Waals surface area contributed by atoms with Crippen LogP contribution in [0.15, 0.2) is 54.6 Å². The smallest absolute Gasteiger partial charge is 0.119 e. The quantitative estimate of drug-likeness (QED) is 0.760. The Hall–Kier alpha value is -2.66. The number of aryl methyl sites for hydroxylation is 1. The van der Waals surface area contributed by atoms with Crippen LogP contribution < -0.4 is 10.5 Å². The largest absolute Gasteiger partial charge is 0.493 e. The predicted molar refractivity (Wildman–Crippen MR) is 89.6 cm³/mol. The zero-order valence-corrected chi connectivity index (χ0v) is 13.1. The van der Waals surface area contributed by atoms with Crippen molar-refractivity contribution in [2.75, 3.05) is 6.61 Å². The number of rotatable bonds is 6. The highest BCUT2D eigenvalue weighted by molar-refractivity contribution is 5.36. The summed E-state index contributed by atoms with van der Waals surface area (Å²) in [6.07, 6.45) is 0.697. The van der Waals surface area contributed by atoms with Gasteiger partial charge in [0.1, 0.15) is 11.4 Å². The van der Waals surface area contributed by atoms with Crippen LogP contribution in [0.2, 0.25) is 0 Å². The van der Waals surface area contributed by atoms with Crippen LogP contribution in [0, 0.1) is 6.92 Å². The van der Waals surface area contributed by atoms with Crippen molar-refractivity contribution in [2.45, 2.75) is 19.9 Å². The third-order valence-corrected chi connectivity index (χ3v) is 3.63. The van der Waals surface area contributed by atoms with E-state index in [2.05, 4.69) is 29.4 Å². The van der Waals surface area contributed by atoms with Crippen LogP contribution >= 0.6 is 0 Å². The van der Waals surface area contributed by atoms with Gasteiger partial charge >= 0.3 is 0 Å². The predicted octanol–water partition coefficient (Wildman–Crippen LogP) is 2.66. The van der Waals surface area contributed by atoms with Gasteiger partial charge in [-0.1, -0.05) is 35.5 Å². The lowest BCUT2D eigenvalue weighted by molar-refractivity contribution is 0.319. The van der Waals surface area contributed by atoms with Gasteiger partial charge in [0.25, 0.3) is 0 Å². The summed E-state index contributed by atoms with van der Waals surface area (Å²) in [6, 6.07) is 17.9. The van der Waals surface area contributed by atoms with Gasteiger partial charge in [-0.2, -0.15) is 0 Å². The van der Waals surface area contributed by atoms with E-state index >= 15 is 0 Å². The molecule has 0 fully saturated rings. The molecule has 0 radical (unpaired) electrons. The number of nitrogens with two attached hydrogens (primary N) is 1. The van der Waals surface area contributed by atoms with Crippen LogP contribution in [0.1, 0.15) is 17.0 Å². The molecule has 5 heteroatoms. The molecule has 0 bridgehead atoms. The Morgan fingerprint density at radius 1 is 1.09 bits per heavy atom. The van der Waals surface area contributed by atoms with Crippen molar-refractivity contribution in [1.82, 2.24) is 15.0 Å². The highest BCUT2D eigenvalue weighted by atomic mass is 16.5. The molecule has 0 amide bonds. The number of aromatic nitrogens is 3. The lowest BCUT2D eigenvalue weighted by atomic mass is 10.2. The second-order valence-electron chi connectivity index (χ2n) is 5.35. The zero-order chi connectivity index (χ0) is 16.1. The van der Waals surface area contributed by atoms with E-state index in [1.165, 1.54) is 5.56 Å². The van der Waals surface area contributed by atoms with E-state index in [0.29, 0.717) is 19.6 Å². The average Bonchev–Trinajstić information content (AvgIpc) is 2.99. The minimum Gasteiger partial charge on any atom is -0.493 e. The fourth-order valence-electron chi connectivity index (χ4n) is 2.49. The minimum atomic E-state index is 0.368. The molecule has 2 N–H and O–H groups in total. The van der Waals surface area contributed by atoms with Crippen molar-refractivity contribution in [2.24, 2.45) is 5.73 Å². The maximum Gasteiger partial charge on any atom is 0.119 e. The molecule has 0 unspecified atom stereocenters. The zero-order valence-electron chi connectivity index (χ0n) is 13.1. The van der Waals surface area contributed by atoms with Gasteiger partial charge in [0, 0.05) is 13.0 Å². The van der Waals surface area contributed by atoms with Gasteiger partial charge in [0.2, 0.25) is 0 Å². The van der Waals surface area contributed by atoms with E-state index in [9.17, 15) is 0 Å². The van der Waals surface area contributed by atoms with Crippen molar-refractivity contribution in [1.29, 1.82) is 0 Å². The molecule has 5 nitrogen and oxygen atoms in total. The van der Waals surface area contributed by atoms with Crippen molar-refractivity contribution >= 4 is 0 Å². The number of hydrogen-bond donors (Lipinski definition) is 1. The van der Waals surface area contributed by atoms with E-state index < -0.39 is 0 Å². The molecular weight excluding hydrogens is 288 g/mol. The second kappa shape index (κ2) is 7.07. The molecule has 23 heavy (non-hydrogen) atoms. The third-order valence-electron chi connectivity index (χ3n) is 3.63. The van der Waals surface area contributed by atoms with Gasteiger partial charge < -0.3 is 10.5 Å². The van der Waals surface area contributed by atoms with Gasteiger partial charge in [0.05, 0.1) is 18.0 Å². The monoisotopic (exact) mass is 308 g/mol. The first-order valence-corrected chi connectivity index (χ1v) is 7.66. The van der Waals surface area contributed by atoms with Crippen LogP contribution in [0.3, 0.4) is 0 Å². The number of ether oxygens (including phenoxy) is 1. The summed E-state index contributed by atoms with van der Waals surface area (Å²) >= 11 is 0. The van der Waals surface area contributed by atoms with Gasteiger partial charge in [-0.15, -0.1) is 5.10 Å². The lowest BCUT2D eigenvalue weighted by Crippen LogP contribution is -2.11. The molecule has 0 aliphatic heterocycles. The van der Waals surface area contributed by atoms with E-state index in [0.717, 1.165) is 22.8 Å². The molecule has 0 saturated carbocycles. The number of nitrogens with zero attached hydrogens (tertiary/aromatic N) is 3. The fourth-order valence-corrected chi connectivity index (χ4v) is 2.49. The molecule has 1 heterocycles. The first-order chi connectivity index (χ1) is 11.3. The molecule has 3 rings (SSSR count). The molecule has 0 aliphatic carbocycles. The van der Waals surface area contributed by atoms with Gasteiger partial charge in [-0.05, 0) is 36.8 Å². The molecule has 118 valence electrons. The third kappa shape index (κ3) is 3.57. The Bertz CT molecular complexity index is 768. The van der Waals surface area contributed by atoms with Gasteiger partial charge in [-0.25, -0.2) is 4.68 Å². The molecule has 0 spiro atoms. The minimum absolute atomic E-state index is 0.368. The number of para-hydroxylation sites is 1. The van der Waals surface area contributed by atoms with Crippen molar-refractivity contribution < 1.29 is 4.74 Å². The Kier molecular flexibility index (Phi) is 4.68. The Morgan fingerprint density at radius 3 is 2.65 bits per heavy atom. The van der Waals surface area contributed by atoms with Crippen LogP contribution in [0.25, 0.3) is 5.69 Å². The molecule has 0 aliphatic rings. The molecule has 2 aromatic carbocycles. The van der Waals surface area contributed by atoms with Gasteiger partial charge in [0.15, 0.2) is 0 Å². The summed E-state index contributed by atoms with van der Waals surface area (Å²) in [5.41, 5.74) is 9.77. The SMILES string of the molecule is Cc1cccc(-n2nnc(CN)c2CCOc2ccccc2)c1. The highest BCUT2D eigenvalue weighted by Crippen LogP contribution is 2.16. The van der Waals surface area contributed by atoms with E-state index in [1.807, 2.05) is 47.1 Å². The van der Waals surface area contributed by atoms with Crippen LogP contribution in [0.4, 0.5) is 0 Å². The second-order valence-corrected chi connectivity index (χ2v) is 5.35. The summed E-state index contributed by atoms with van der Waals surface area (Å²) < 4.78 is 7.63. The molecule has 0 atom stereocenters. The first-order valence-electron chi connectivity index (χ1n) is 7.66. The molecule has 1 aromatic heterocycles. The number of hydrogen-bond acceptors (Lipinski definition) is 4. The topological polar surface area (TPSA) is 66.0 Å². The maximum atomic E-state index is 5.80. The van der Waals surface area contributed by atoms with Gasteiger partial charge in [-0.3, -0.25) is 0 Å². The average molecular weight is 308 g/mol. The van der Waals surface area contributed by atoms with E-state index in [4.69, 9.17) is 10.5 Å². The molecule has 3 aromatic rings. The standard InChI is InChI=1S/C18H20N4O/c1-14-6-5-7-15(12-14)22-18(17(13-19)20-21-22)10-11-23-16-8-3-2-4-9-16/h2-9,12H,10-11,13,19H2,1H3. The summed E-state index contributed by atoms with van der Waals surface area (Å²) in [5, 5.41) is 8.45. The number of benzene rings is 2. The highest BCUT2D eigenvalue weighted by Gasteiger charge is 2.13. The summed E-state index contributed by atoms with van der Waals surface area (Å²) in [5.74, 6) is 0.858. The van der Waals surface area contributed by atoms with E-state index in [-0.39, 0.29) is 0 Å².